The van der Waals surface area contributed by atoms with Gasteiger partial charge in [0.15, 0.2) is 9.84 Å². The van der Waals surface area contributed by atoms with Gasteiger partial charge in [-0.1, -0.05) is 18.2 Å². The maximum absolute atomic E-state index is 12.7. The predicted octanol–water partition coefficient (Wildman–Crippen LogP) is 1.23. The van der Waals surface area contributed by atoms with Crippen molar-refractivity contribution in [3.8, 4) is 0 Å². The van der Waals surface area contributed by atoms with Gasteiger partial charge in [-0.15, -0.1) is 0 Å². The van der Waals surface area contributed by atoms with Crippen molar-refractivity contribution in [2.24, 2.45) is 0 Å². The van der Waals surface area contributed by atoms with Gasteiger partial charge in [-0.25, -0.2) is 8.42 Å². The third kappa shape index (κ3) is 5.74. The highest BCUT2D eigenvalue weighted by molar-refractivity contribution is 7.98. The molecule has 2 rings (SSSR count). The number of carbonyl (C=O) groups is 2. The molecule has 0 bridgehead atoms. The van der Waals surface area contributed by atoms with Gasteiger partial charge in [0.1, 0.15) is 6.04 Å². The van der Waals surface area contributed by atoms with Gasteiger partial charge in [0.25, 0.3) is 5.91 Å². The Balaban J connectivity index is 2.06. The van der Waals surface area contributed by atoms with E-state index in [1.54, 1.807) is 43.0 Å². The zero-order chi connectivity index (χ0) is 18.5. The Hall–Kier alpha value is -1.54. The maximum atomic E-state index is 12.7. The number of amides is 2. The Bertz CT molecular complexity index is 721. The molecule has 0 aromatic heterocycles. The fraction of sp³-hybridized carbons (Fsp3) is 0.529. The summed E-state index contributed by atoms with van der Waals surface area (Å²) in [6.45, 7) is 1.74. The molecule has 1 aliphatic heterocycles. The molecule has 1 fully saturated rings. The quantitative estimate of drug-likeness (QED) is 0.738. The van der Waals surface area contributed by atoms with Crippen LogP contribution in [0, 0.1) is 0 Å². The Labute approximate surface area is 153 Å². The number of thioether (sulfide) groups is 1. The first-order chi connectivity index (χ1) is 11.7. The molecule has 138 valence electrons. The molecule has 1 aliphatic rings. The van der Waals surface area contributed by atoms with Crippen LogP contribution in [0.4, 0.5) is 0 Å². The van der Waals surface area contributed by atoms with E-state index in [0.717, 1.165) is 0 Å². The normalized spacial score (nSPS) is 23.0. The lowest BCUT2D eigenvalue weighted by Gasteiger charge is -2.27. The van der Waals surface area contributed by atoms with Crippen LogP contribution in [-0.4, -0.2) is 55.3 Å². The lowest BCUT2D eigenvalue weighted by atomic mass is 10.0. The fourth-order valence-electron chi connectivity index (χ4n) is 2.83. The molecular weight excluding hydrogens is 360 g/mol. The summed E-state index contributed by atoms with van der Waals surface area (Å²) < 4.78 is 23.4. The topological polar surface area (TPSA) is 92.3 Å². The largest absolute Gasteiger partial charge is 0.348 e. The van der Waals surface area contributed by atoms with E-state index in [2.05, 4.69) is 10.6 Å². The van der Waals surface area contributed by atoms with Crippen molar-refractivity contribution in [1.82, 2.24) is 10.6 Å². The number of carbonyl (C=O) groups excluding carboxylic acids is 2. The highest BCUT2D eigenvalue weighted by Crippen LogP contribution is 2.23. The molecule has 1 heterocycles. The van der Waals surface area contributed by atoms with Crippen molar-refractivity contribution in [3.05, 3.63) is 35.9 Å². The van der Waals surface area contributed by atoms with E-state index in [1.165, 1.54) is 0 Å². The molecule has 0 aliphatic carbocycles. The molecule has 2 atom stereocenters. The molecule has 8 heteroatoms. The van der Waals surface area contributed by atoms with Gasteiger partial charge < -0.3 is 10.6 Å². The number of sulfone groups is 1. The van der Waals surface area contributed by atoms with Gasteiger partial charge >= 0.3 is 0 Å². The maximum Gasteiger partial charge on any atom is 0.251 e. The van der Waals surface area contributed by atoms with Gasteiger partial charge in [-0.05, 0) is 43.9 Å². The first-order valence-electron chi connectivity index (χ1n) is 8.12. The molecule has 0 saturated carbocycles. The Morgan fingerprint density at radius 1 is 1.28 bits per heavy atom. The van der Waals surface area contributed by atoms with E-state index >= 15 is 0 Å². The molecule has 25 heavy (non-hydrogen) atoms. The van der Waals surface area contributed by atoms with E-state index in [1.807, 2.05) is 12.3 Å². The van der Waals surface area contributed by atoms with Crippen LogP contribution in [0.2, 0.25) is 0 Å². The molecule has 1 aromatic rings. The van der Waals surface area contributed by atoms with E-state index in [0.29, 0.717) is 24.2 Å². The fourth-order valence-corrected chi connectivity index (χ4v) is 5.39. The Morgan fingerprint density at radius 3 is 2.52 bits per heavy atom. The molecule has 2 N–H and O–H groups in total. The third-order valence-corrected chi connectivity index (χ3v) is 6.74. The van der Waals surface area contributed by atoms with Gasteiger partial charge in [0, 0.05) is 5.56 Å². The molecule has 0 spiro atoms. The zero-order valence-corrected chi connectivity index (χ0v) is 16.1. The molecule has 0 radical (unpaired) electrons. The van der Waals surface area contributed by atoms with Crippen LogP contribution in [0.1, 0.15) is 30.1 Å². The summed E-state index contributed by atoms with van der Waals surface area (Å²) in [5, 5.41) is 5.60. The van der Waals surface area contributed by atoms with Crippen LogP contribution >= 0.6 is 11.8 Å². The van der Waals surface area contributed by atoms with Crippen molar-refractivity contribution in [2.45, 2.75) is 31.3 Å². The summed E-state index contributed by atoms with van der Waals surface area (Å²) in [6, 6.07) is 8.01. The monoisotopic (exact) mass is 384 g/mol. The van der Waals surface area contributed by atoms with E-state index < -0.39 is 21.4 Å². The van der Waals surface area contributed by atoms with Crippen molar-refractivity contribution in [3.63, 3.8) is 0 Å². The van der Waals surface area contributed by atoms with E-state index in [-0.39, 0.29) is 23.3 Å². The van der Waals surface area contributed by atoms with Crippen LogP contribution in [0.25, 0.3) is 0 Å². The first kappa shape index (κ1) is 19.8. The van der Waals surface area contributed by atoms with Crippen LogP contribution in [0.5, 0.6) is 0 Å². The summed E-state index contributed by atoms with van der Waals surface area (Å²) in [6.07, 6.45) is 2.80. The smallest absolute Gasteiger partial charge is 0.251 e. The lowest BCUT2D eigenvalue weighted by Crippen LogP contribution is -2.55. The van der Waals surface area contributed by atoms with Crippen LogP contribution in [-0.2, 0) is 14.6 Å². The molecular formula is C17H24N2O4S2. The second-order valence-corrected chi connectivity index (χ2v) is 9.74. The van der Waals surface area contributed by atoms with Crippen LogP contribution in [0.3, 0.4) is 0 Å². The average molecular weight is 385 g/mol. The highest BCUT2D eigenvalue weighted by atomic mass is 32.2. The van der Waals surface area contributed by atoms with Gasteiger partial charge in [-0.3, -0.25) is 9.59 Å². The number of rotatable bonds is 7. The minimum atomic E-state index is -3.11. The van der Waals surface area contributed by atoms with Crippen molar-refractivity contribution >= 4 is 33.4 Å². The number of hydrogen-bond donors (Lipinski definition) is 2. The standard InChI is InChI=1S/C17H24N2O4S2/c1-17(9-11-25(22,23)12-17)19-16(21)14(8-10-24-2)18-15(20)13-6-4-3-5-7-13/h3-7,14H,8-12H2,1-2H3,(H,18,20)(H,19,21)/t14-,17+/m1/s1. The minimum Gasteiger partial charge on any atom is -0.348 e. The second-order valence-electron chi connectivity index (χ2n) is 6.57. The Morgan fingerprint density at radius 2 is 1.96 bits per heavy atom. The summed E-state index contributed by atoms with van der Waals surface area (Å²) in [5.41, 5.74) is -0.288. The van der Waals surface area contributed by atoms with E-state index in [4.69, 9.17) is 0 Å². The summed E-state index contributed by atoms with van der Waals surface area (Å²) >= 11 is 1.58. The third-order valence-electron chi connectivity index (χ3n) is 4.20. The molecule has 1 aromatic carbocycles. The lowest BCUT2D eigenvalue weighted by molar-refractivity contribution is -0.124. The Kier molecular flexibility index (Phi) is 6.51. The molecule has 0 unspecified atom stereocenters. The average Bonchev–Trinajstić information content (AvgIpc) is 2.84. The minimum absolute atomic E-state index is 0.0619. The highest BCUT2D eigenvalue weighted by Gasteiger charge is 2.40. The molecule has 2 amide bonds. The van der Waals surface area contributed by atoms with Crippen LogP contribution < -0.4 is 10.6 Å². The second kappa shape index (κ2) is 8.23. The zero-order valence-electron chi connectivity index (χ0n) is 14.4. The van der Waals surface area contributed by atoms with Crippen molar-refractivity contribution in [2.75, 3.05) is 23.5 Å². The molecule has 1 saturated heterocycles. The van der Waals surface area contributed by atoms with Gasteiger partial charge in [-0.2, -0.15) is 11.8 Å². The van der Waals surface area contributed by atoms with E-state index in [9.17, 15) is 18.0 Å². The van der Waals surface area contributed by atoms with Gasteiger partial charge in [0.2, 0.25) is 5.91 Å². The number of benzene rings is 1. The molecule has 6 nitrogen and oxygen atoms in total. The van der Waals surface area contributed by atoms with Crippen molar-refractivity contribution < 1.29 is 18.0 Å². The number of hydrogen-bond acceptors (Lipinski definition) is 5. The van der Waals surface area contributed by atoms with Crippen LogP contribution in [0.15, 0.2) is 30.3 Å². The summed E-state index contributed by atoms with van der Waals surface area (Å²) in [7, 11) is -3.11. The SMILES string of the molecule is CSCC[C@@H](NC(=O)c1ccccc1)C(=O)N[C@@]1(C)CCS(=O)(=O)C1. The van der Waals surface area contributed by atoms with Gasteiger partial charge in [0.05, 0.1) is 17.0 Å². The summed E-state index contributed by atoms with van der Waals surface area (Å²) in [5.74, 6) is 0.0785. The van der Waals surface area contributed by atoms with Crippen molar-refractivity contribution in [1.29, 1.82) is 0 Å². The predicted molar refractivity (Wildman–Crippen MR) is 101 cm³/mol. The summed E-state index contributed by atoms with van der Waals surface area (Å²) in [4.78, 5) is 25.0. The first-order valence-corrected chi connectivity index (χ1v) is 11.3. The number of nitrogens with one attached hydrogen (secondary N) is 2.